The molecule has 0 unspecified atom stereocenters. The molecule has 2 heterocycles. The number of carbonyl (C=O) groups is 3. The SMILES string of the molecule is CO[C@@H]1CC[C@H](C(=O)NCC(N)=O)C[C@H]1NC(=O)c1cnn2ccn(C)c12. The number of ether oxygens (including phenoxy) is 1. The van der Waals surface area contributed by atoms with Crippen molar-refractivity contribution in [3.63, 3.8) is 0 Å². The first kappa shape index (κ1) is 18.9. The van der Waals surface area contributed by atoms with E-state index in [-0.39, 0.29) is 36.4 Å². The van der Waals surface area contributed by atoms with Crippen molar-refractivity contribution in [1.82, 2.24) is 24.8 Å². The second-order valence-corrected chi connectivity index (χ2v) is 6.78. The van der Waals surface area contributed by atoms with Crippen molar-refractivity contribution in [2.45, 2.75) is 31.4 Å². The van der Waals surface area contributed by atoms with Crippen molar-refractivity contribution in [1.29, 1.82) is 0 Å². The van der Waals surface area contributed by atoms with Gasteiger partial charge in [0.15, 0.2) is 0 Å². The van der Waals surface area contributed by atoms with Crippen LogP contribution in [0.1, 0.15) is 29.6 Å². The highest BCUT2D eigenvalue weighted by Gasteiger charge is 2.35. The van der Waals surface area contributed by atoms with E-state index < -0.39 is 5.91 Å². The molecular weight excluding hydrogens is 352 g/mol. The van der Waals surface area contributed by atoms with Gasteiger partial charge in [0.25, 0.3) is 5.91 Å². The van der Waals surface area contributed by atoms with Gasteiger partial charge in [-0.1, -0.05) is 0 Å². The van der Waals surface area contributed by atoms with E-state index in [9.17, 15) is 14.4 Å². The highest BCUT2D eigenvalue weighted by molar-refractivity contribution is 6.00. The number of rotatable bonds is 6. The van der Waals surface area contributed by atoms with Gasteiger partial charge in [0.05, 0.1) is 24.9 Å². The lowest BCUT2D eigenvalue weighted by molar-refractivity contribution is -0.129. The Balaban J connectivity index is 1.70. The van der Waals surface area contributed by atoms with Crippen molar-refractivity contribution in [3.8, 4) is 0 Å². The Morgan fingerprint density at radius 3 is 2.81 bits per heavy atom. The summed E-state index contributed by atoms with van der Waals surface area (Å²) >= 11 is 0. The Bertz CT molecular complexity index is 857. The van der Waals surface area contributed by atoms with Gasteiger partial charge < -0.3 is 25.7 Å². The summed E-state index contributed by atoms with van der Waals surface area (Å²) in [5, 5.41) is 9.68. The van der Waals surface area contributed by atoms with E-state index in [1.807, 2.05) is 17.8 Å². The minimum atomic E-state index is -0.591. The molecule has 3 amide bonds. The molecule has 146 valence electrons. The third-order valence-electron chi connectivity index (χ3n) is 4.99. The zero-order valence-corrected chi connectivity index (χ0v) is 15.3. The summed E-state index contributed by atoms with van der Waals surface area (Å²) < 4.78 is 8.94. The van der Waals surface area contributed by atoms with E-state index >= 15 is 0 Å². The molecule has 4 N–H and O–H groups in total. The van der Waals surface area contributed by atoms with Crippen LogP contribution >= 0.6 is 0 Å². The molecule has 27 heavy (non-hydrogen) atoms. The maximum absolute atomic E-state index is 12.8. The van der Waals surface area contributed by atoms with E-state index in [0.29, 0.717) is 30.5 Å². The van der Waals surface area contributed by atoms with Crippen LogP contribution in [0.15, 0.2) is 18.6 Å². The molecule has 2 aromatic heterocycles. The smallest absolute Gasteiger partial charge is 0.257 e. The molecule has 2 aromatic rings. The average Bonchev–Trinajstić information content (AvgIpc) is 3.22. The molecule has 1 aliphatic rings. The van der Waals surface area contributed by atoms with Gasteiger partial charge >= 0.3 is 0 Å². The molecule has 1 fully saturated rings. The summed E-state index contributed by atoms with van der Waals surface area (Å²) in [6.45, 7) is -0.193. The number of nitrogens with one attached hydrogen (secondary N) is 2. The van der Waals surface area contributed by atoms with Crippen LogP contribution in [0.3, 0.4) is 0 Å². The van der Waals surface area contributed by atoms with Crippen molar-refractivity contribution >= 4 is 23.4 Å². The van der Waals surface area contributed by atoms with Gasteiger partial charge in [-0.3, -0.25) is 14.4 Å². The Morgan fingerprint density at radius 2 is 2.11 bits per heavy atom. The Kier molecular flexibility index (Phi) is 5.45. The van der Waals surface area contributed by atoms with E-state index in [4.69, 9.17) is 10.5 Å². The normalized spacial score (nSPS) is 22.5. The number of hydrogen-bond acceptors (Lipinski definition) is 5. The molecule has 3 atom stereocenters. The number of imidazole rings is 1. The topological polar surface area (TPSA) is 133 Å². The van der Waals surface area contributed by atoms with Crippen molar-refractivity contribution < 1.29 is 19.1 Å². The van der Waals surface area contributed by atoms with Gasteiger partial charge in [0.2, 0.25) is 11.8 Å². The highest BCUT2D eigenvalue weighted by Crippen LogP contribution is 2.27. The molecule has 0 aromatic carbocycles. The molecule has 10 nitrogen and oxygen atoms in total. The van der Waals surface area contributed by atoms with Crippen LogP contribution in [0.4, 0.5) is 0 Å². The minimum absolute atomic E-state index is 0.186. The number of nitrogens with two attached hydrogens (primary N) is 1. The van der Waals surface area contributed by atoms with Crippen molar-refractivity contribution in [3.05, 3.63) is 24.2 Å². The van der Waals surface area contributed by atoms with Crippen LogP contribution in [0.5, 0.6) is 0 Å². The molecule has 1 saturated carbocycles. The van der Waals surface area contributed by atoms with Crippen LogP contribution in [-0.4, -0.2) is 57.7 Å². The first-order valence-corrected chi connectivity index (χ1v) is 8.79. The number of aromatic nitrogens is 3. The molecule has 0 saturated heterocycles. The number of fused-ring (bicyclic) bond motifs is 1. The lowest BCUT2D eigenvalue weighted by atomic mass is 9.83. The summed E-state index contributed by atoms with van der Waals surface area (Å²) in [4.78, 5) is 35.9. The molecule has 0 spiro atoms. The van der Waals surface area contributed by atoms with Crippen LogP contribution in [0.2, 0.25) is 0 Å². The summed E-state index contributed by atoms with van der Waals surface area (Å²) in [5.74, 6) is -1.41. The minimum Gasteiger partial charge on any atom is -0.379 e. The first-order valence-electron chi connectivity index (χ1n) is 8.79. The number of methoxy groups -OCH3 is 1. The summed E-state index contributed by atoms with van der Waals surface area (Å²) in [5.41, 5.74) is 6.21. The van der Waals surface area contributed by atoms with Crippen molar-refractivity contribution in [2.75, 3.05) is 13.7 Å². The molecular formula is C17H24N6O4. The zero-order chi connectivity index (χ0) is 19.6. The average molecular weight is 376 g/mol. The zero-order valence-electron chi connectivity index (χ0n) is 15.3. The van der Waals surface area contributed by atoms with E-state index in [1.54, 1.807) is 17.8 Å². The lowest BCUT2D eigenvalue weighted by Crippen LogP contribution is -2.50. The maximum atomic E-state index is 12.8. The maximum Gasteiger partial charge on any atom is 0.257 e. The number of carbonyl (C=O) groups excluding carboxylic acids is 3. The van der Waals surface area contributed by atoms with E-state index in [1.165, 1.54) is 6.20 Å². The molecule has 0 bridgehead atoms. The van der Waals surface area contributed by atoms with Gasteiger partial charge in [0, 0.05) is 32.5 Å². The van der Waals surface area contributed by atoms with Gasteiger partial charge in [-0.05, 0) is 19.3 Å². The fourth-order valence-electron chi connectivity index (χ4n) is 3.59. The van der Waals surface area contributed by atoms with Gasteiger partial charge in [-0.25, -0.2) is 4.52 Å². The number of aryl methyl sites for hydroxylation is 1. The van der Waals surface area contributed by atoms with Gasteiger partial charge in [0.1, 0.15) is 11.2 Å². The quantitative estimate of drug-likeness (QED) is 0.606. The van der Waals surface area contributed by atoms with Crippen LogP contribution < -0.4 is 16.4 Å². The molecule has 0 aliphatic heterocycles. The third kappa shape index (κ3) is 3.95. The van der Waals surface area contributed by atoms with Crippen molar-refractivity contribution in [2.24, 2.45) is 18.7 Å². The standard InChI is InChI=1S/C17H24N6O4/c1-22-5-6-23-17(22)11(8-20-23)16(26)21-12-7-10(3-4-13(12)27-2)15(25)19-9-14(18)24/h5-6,8,10,12-13H,3-4,7,9H2,1-2H3,(H2,18,24)(H,19,25)(H,21,26)/t10-,12+,13+/m0/s1. The third-order valence-corrected chi connectivity index (χ3v) is 4.99. The Morgan fingerprint density at radius 1 is 1.33 bits per heavy atom. The number of primary amides is 1. The fourth-order valence-corrected chi connectivity index (χ4v) is 3.59. The molecule has 10 heteroatoms. The number of hydrogen-bond donors (Lipinski definition) is 3. The molecule has 0 radical (unpaired) electrons. The van der Waals surface area contributed by atoms with Gasteiger partial charge in [-0.2, -0.15) is 5.10 Å². The Hall–Kier alpha value is -2.88. The Labute approximate surface area is 156 Å². The fraction of sp³-hybridized carbons (Fsp3) is 0.529. The van der Waals surface area contributed by atoms with Gasteiger partial charge in [-0.15, -0.1) is 0 Å². The van der Waals surface area contributed by atoms with Crippen LogP contribution in [0.25, 0.3) is 5.65 Å². The van der Waals surface area contributed by atoms with Crippen LogP contribution in [-0.2, 0) is 21.4 Å². The predicted octanol–water partition coefficient (Wildman–Crippen LogP) is -0.812. The second kappa shape index (κ2) is 7.78. The highest BCUT2D eigenvalue weighted by atomic mass is 16.5. The van der Waals surface area contributed by atoms with E-state index in [0.717, 1.165) is 0 Å². The lowest BCUT2D eigenvalue weighted by Gasteiger charge is -2.35. The number of amides is 3. The second-order valence-electron chi connectivity index (χ2n) is 6.78. The largest absolute Gasteiger partial charge is 0.379 e. The molecule has 3 rings (SSSR count). The van der Waals surface area contributed by atoms with Crippen LogP contribution in [0, 0.1) is 5.92 Å². The number of nitrogens with zero attached hydrogens (tertiary/aromatic N) is 3. The summed E-state index contributed by atoms with van der Waals surface area (Å²) in [6.07, 6.45) is 6.59. The predicted molar refractivity (Wildman–Crippen MR) is 95.8 cm³/mol. The summed E-state index contributed by atoms with van der Waals surface area (Å²) in [7, 11) is 3.43. The molecule has 1 aliphatic carbocycles. The summed E-state index contributed by atoms with van der Waals surface area (Å²) in [6, 6.07) is -0.323. The first-order chi connectivity index (χ1) is 12.9. The van der Waals surface area contributed by atoms with E-state index in [2.05, 4.69) is 15.7 Å². The monoisotopic (exact) mass is 376 g/mol.